The number of halogens is 2. The molecule has 7 nitrogen and oxygen atoms in total. The minimum absolute atomic E-state index is 0.0671. The summed E-state index contributed by atoms with van der Waals surface area (Å²) in [5, 5.41) is 17.5. The first-order chi connectivity index (χ1) is 14.7. The summed E-state index contributed by atoms with van der Waals surface area (Å²) in [6.07, 6.45) is 0.180. The first kappa shape index (κ1) is 21.1. The molecule has 1 aromatic carbocycles. The highest BCUT2D eigenvalue weighted by Crippen LogP contribution is 2.38. The Morgan fingerprint density at radius 1 is 1.29 bits per heavy atom. The zero-order valence-corrected chi connectivity index (χ0v) is 17.7. The SMILES string of the molecule is CCn1nc(-c2nc(-c3cc(C)c(CCC(=O)O)c(C)c3)no2)c2c1CC(F)(F)CC2. The van der Waals surface area contributed by atoms with Gasteiger partial charge in [0.1, 0.15) is 0 Å². The first-order valence-corrected chi connectivity index (χ1v) is 10.3. The quantitative estimate of drug-likeness (QED) is 0.624. The summed E-state index contributed by atoms with van der Waals surface area (Å²) in [5.41, 5.74) is 5.40. The summed E-state index contributed by atoms with van der Waals surface area (Å²) in [7, 11) is 0. The molecule has 0 radical (unpaired) electrons. The molecule has 0 amide bonds. The molecule has 4 rings (SSSR count). The van der Waals surface area contributed by atoms with Crippen LogP contribution in [0.2, 0.25) is 0 Å². The second kappa shape index (κ2) is 7.86. The van der Waals surface area contributed by atoms with Crippen LogP contribution in [-0.2, 0) is 30.6 Å². The fourth-order valence-corrected chi connectivity index (χ4v) is 4.25. The Kier molecular flexibility index (Phi) is 5.36. The lowest BCUT2D eigenvalue weighted by Crippen LogP contribution is -2.27. The molecule has 0 unspecified atom stereocenters. The van der Waals surface area contributed by atoms with Gasteiger partial charge in [0.15, 0.2) is 5.69 Å². The molecule has 1 aliphatic rings. The summed E-state index contributed by atoms with van der Waals surface area (Å²) in [6, 6.07) is 3.80. The number of alkyl halides is 2. The third-order valence-corrected chi connectivity index (χ3v) is 5.80. The van der Waals surface area contributed by atoms with Crippen LogP contribution < -0.4 is 0 Å². The van der Waals surface area contributed by atoms with Crippen LogP contribution in [0.1, 0.15) is 47.7 Å². The van der Waals surface area contributed by atoms with Crippen LogP contribution >= 0.6 is 0 Å². The summed E-state index contributed by atoms with van der Waals surface area (Å²) < 4.78 is 34.9. The number of carboxylic acid groups (broad SMARTS) is 1. The van der Waals surface area contributed by atoms with Gasteiger partial charge in [0.25, 0.3) is 11.8 Å². The number of rotatable bonds is 6. The number of aromatic nitrogens is 4. The summed E-state index contributed by atoms with van der Waals surface area (Å²) in [6.45, 7) is 6.19. The second-order valence-electron chi connectivity index (χ2n) is 8.03. The maximum atomic E-state index is 13.9. The molecule has 2 heterocycles. The van der Waals surface area contributed by atoms with E-state index in [0.29, 0.717) is 30.2 Å². The smallest absolute Gasteiger partial charge is 0.303 e. The Morgan fingerprint density at radius 3 is 2.65 bits per heavy atom. The maximum Gasteiger partial charge on any atom is 0.303 e. The predicted molar refractivity (Wildman–Crippen MR) is 109 cm³/mol. The average molecular weight is 430 g/mol. The van der Waals surface area contributed by atoms with Crippen molar-refractivity contribution < 1.29 is 23.2 Å². The number of aliphatic carboxylic acids is 1. The van der Waals surface area contributed by atoms with Crippen molar-refractivity contribution in [3.8, 4) is 23.0 Å². The van der Waals surface area contributed by atoms with E-state index in [1.807, 2.05) is 32.9 Å². The van der Waals surface area contributed by atoms with Crippen molar-refractivity contribution in [3.05, 3.63) is 40.1 Å². The fraction of sp³-hybridized carbons (Fsp3) is 0.455. The molecule has 0 fully saturated rings. The number of benzene rings is 1. The van der Waals surface area contributed by atoms with Crippen molar-refractivity contribution in [3.63, 3.8) is 0 Å². The molecular formula is C22H24F2N4O3. The average Bonchev–Trinajstić information content (AvgIpc) is 3.30. The van der Waals surface area contributed by atoms with E-state index in [9.17, 15) is 13.6 Å². The highest BCUT2D eigenvalue weighted by molar-refractivity contribution is 5.68. The van der Waals surface area contributed by atoms with Gasteiger partial charge in [0.05, 0.1) is 6.42 Å². The standard InChI is InChI=1S/C22H24F2N4O3/c1-4-28-17-11-22(23,24)8-7-16(17)19(26-28)21-25-20(27-31-21)14-9-12(2)15(13(3)10-14)5-6-18(29)30/h9-10H,4-8,11H2,1-3H3,(H,29,30). The molecule has 0 spiro atoms. The zero-order chi connectivity index (χ0) is 22.3. The van der Waals surface area contributed by atoms with Crippen molar-refractivity contribution in [1.29, 1.82) is 0 Å². The van der Waals surface area contributed by atoms with Gasteiger partial charge in [-0.2, -0.15) is 10.1 Å². The van der Waals surface area contributed by atoms with E-state index in [4.69, 9.17) is 9.63 Å². The lowest BCUT2D eigenvalue weighted by atomic mass is 9.92. The van der Waals surface area contributed by atoms with Crippen molar-refractivity contribution in [2.24, 2.45) is 0 Å². The molecule has 2 aromatic heterocycles. The topological polar surface area (TPSA) is 94.0 Å². The molecule has 0 saturated carbocycles. The number of nitrogens with zero attached hydrogens (tertiary/aromatic N) is 4. The van der Waals surface area contributed by atoms with Crippen LogP contribution in [0.15, 0.2) is 16.7 Å². The molecule has 0 bridgehead atoms. The van der Waals surface area contributed by atoms with Gasteiger partial charge >= 0.3 is 5.97 Å². The Bertz CT molecular complexity index is 1130. The Hall–Kier alpha value is -3.10. The number of hydrogen-bond acceptors (Lipinski definition) is 5. The molecule has 31 heavy (non-hydrogen) atoms. The Balaban J connectivity index is 1.67. The van der Waals surface area contributed by atoms with Gasteiger partial charge in [0, 0.05) is 36.2 Å². The minimum Gasteiger partial charge on any atom is -0.481 e. The van der Waals surface area contributed by atoms with E-state index in [2.05, 4.69) is 15.2 Å². The fourth-order valence-electron chi connectivity index (χ4n) is 4.25. The second-order valence-corrected chi connectivity index (χ2v) is 8.03. The van der Waals surface area contributed by atoms with Crippen LogP contribution in [0.25, 0.3) is 23.0 Å². The third-order valence-electron chi connectivity index (χ3n) is 5.80. The predicted octanol–water partition coefficient (Wildman–Crippen LogP) is 4.38. The van der Waals surface area contributed by atoms with Crippen molar-refractivity contribution >= 4 is 5.97 Å². The van der Waals surface area contributed by atoms with E-state index in [0.717, 1.165) is 27.8 Å². The Morgan fingerprint density at radius 2 is 2.00 bits per heavy atom. The lowest BCUT2D eigenvalue weighted by molar-refractivity contribution is -0.136. The lowest BCUT2D eigenvalue weighted by Gasteiger charge is -2.22. The van der Waals surface area contributed by atoms with Gasteiger partial charge < -0.3 is 9.63 Å². The molecule has 1 aliphatic carbocycles. The van der Waals surface area contributed by atoms with Gasteiger partial charge in [-0.15, -0.1) is 0 Å². The van der Waals surface area contributed by atoms with Gasteiger partial charge in [-0.1, -0.05) is 5.16 Å². The van der Waals surface area contributed by atoms with E-state index < -0.39 is 11.9 Å². The monoisotopic (exact) mass is 430 g/mol. The molecule has 3 aromatic rings. The van der Waals surface area contributed by atoms with Crippen LogP contribution in [-0.4, -0.2) is 36.9 Å². The highest BCUT2D eigenvalue weighted by atomic mass is 19.3. The van der Waals surface area contributed by atoms with Crippen LogP contribution in [0.5, 0.6) is 0 Å². The van der Waals surface area contributed by atoms with Gasteiger partial charge in [-0.05, 0) is 62.4 Å². The number of fused-ring (bicyclic) bond motifs is 1. The number of aryl methyl sites for hydroxylation is 3. The van der Waals surface area contributed by atoms with Crippen molar-refractivity contribution in [2.45, 2.75) is 65.3 Å². The van der Waals surface area contributed by atoms with Gasteiger partial charge in [0.2, 0.25) is 5.82 Å². The molecular weight excluding hydrogens is 406 g/mol. The largest absolute Gasteiger partial charge is 0.481 e. The normalized spacial score (nSPS) is 15.1. The van der Waals surface area contributed by atoms with Crippen LogP contribution in [0.3, 0.4) is 0 Å². The van der Waals surface area contributed by atoms with E-state index >= 15 is 0 Å². The zero-order valence-electron chi connectivity index (χ0n) is 17.7. The van der Waals surface area contributed by atoms with Crippen LogP contribution in [0.4, 0.5) is 8.78 Å². The molecule has 1 N–H and O–H groups in total. The molecule has 0 atom stereocenters. The Labute approximate surface area is 178 Å². The first-order valence-electron chi connectivity index (χ1n) is 10.3. The van der Waals surface area contributed by atoms with Crippen LogP contribution in [0, 0.1) is 13.8 Å². The summed E-state index contributed by atoms with van der Waals surface area (Å²) in [5.74, 6) is -2.96. The van der Waals surface area contributed by atoms with E-state index in [1.54, 1.807) is 4.68 Å². The van der Waals surface area contributed by atoms with Crippen molar-refractivity contribution in [2.75, 3.05) is 0 Å². The summed E-state index contributed by atoms with van der Waals surface area (Å²) >= 11 is 0. The van der Waals surface area contributed by atoms with Crippen molar-refractivity contribution in [1.82, 2.24) is 19.9 Å². The van der Waals surface area contributed by atoms with Gasteiger partial charge in [-0.25, -0.2) is 8.78 Å². The van der Waals surface area contributed by atoms with E-state index in [1.165, 1.54) is 0 Å². The molecule has 9 heteroatoms. The number of carbonyl (C=O) groups is 1. The van der Waals surface area contributed by atoms with E-state index in [-0.39, 0.29) is 31.6 Å². The molecule has 0 aliphatic heterocycles. The molecule has 164 valence electrons. The maximum absolute atomic E-state index is 13.9. The minimum atomic E-state index is -2.73. The van der Waals surface area contributed by atoms with Gasteiger partial charge in [-0.3, -0.25) is 9.48 Å². The summed E-state index contributed by atoms with van der Waals surface area (Å²) in [4.78, 5) is 15.4. The number of carboxylic acids is 1. The number of hydrogen-bond donors (Lipinski definition) is 1. The third kappa shape index (κ3) is 4.08. The highest BCUT2D eigenvalue weighted by Gasteiger charge is 2.38. The molecule has 0 saturated heterocycles.